The molecule has 8 nitrogen and oxygen atoms in total. The third-order valence-corrected chi connectivity index (χ3v) is 7.38. The largest absolute Gasteiger partial charge is 0.495 e. The molecule has 0 saturated carbocycles. The maximum atomic E-state index is 14.7. The Hall–Kier alpha value is -3.55. The predicted octanol–water partition coefficient (Wildman–Crippen LogP) is 3.70. The van der Waals surface area contributed by atoms with Crippen molar-refractivity contribution in [2.24, 2.45) is 0 Å². The Kier molecular flexibility index (Phi) is 8.05. The summed E-state index contributed by atoms with van der Waals surface area (Å²) in [5.74, 6) is 6.64. The minimum absolute atomic E-state index is 0.186. The van der Waals surface area contributed by atoms with Crippen molar-refractivity contribution in [2.75, 3.05) is 50.7 Å². The SMILES string of the molecule is C/C=C\c1c(C#CCNc2ccc(S(C)(=O)=O)cc2OC)nc2c(N[C@@H]3CCN(C)C[C@@H]3F)cccn12. The van der Waals surface area contributed by atoms with Crippen molar-refractivity contribution in [2.45, 2.75) is 30.5 Å². The van der Waals surface area contributed by atoms with E-state index in [0.29, 0.717) is 42.3 Å². The zero-order valence-electron chi connectivity index (χ0n) is 21.5. The smallest absolute Gasteiger partial charge is 0.175 e. The molecule has 196 valence electrons. The quantitative estimate of drug-likeness (QED) is 0.455. The highest BCUT2D eigenvalue weighted by Gasteiger charge is 2.28. The van der Waals surface area contributed by atoms with Crippen molar-refractivity contribution in [3.05, 3.63) is 54.0 Å². The van der Waals surface area contributed by atoms with Gasteiger partial charge in [0.2, 0.25) is 0 Å². The van der Waals surface area contributed by atoms with Crippen LogP contribution in [-0.4, -0.2) is 75.0 Å². The molecule has 10 heteroatoms. The molecular formula is C27H32FN5O3S. The first-order valence-corrected chi connectivity index (χ1v) is 13.9. The predicted molar refractivity (Wildman–Crippen MR) is 146 cm³/mol. The first-order chi connectivity index (χ1) is 17.7. The lowest BCUT2D eigenvalue weighted by Crippen LogP contribution is -2.46. The average Bonchev–Trinajstić information content (AvgIpc) is 3.21. The van der Waals surface area contributed by atoms with Gasteiger partial charge in [0, 0.05) is 31.6 Å². The first-order valence-electron chi connectivity index (χ1n) is 12.0. The van der Waals surface area contributed by atoms with Crippen LogP contribution in [0.4, 0.5) is 15.8 Å². The number of fused-ring (bicyclic) bond motifs is 1. The van der Waals surface area contributed by atoms with Crippen molar-refractivity contribution in [1.82, 2.24) is 14.3 Å². The van der Waals surface area contributed by atoms with Crippen molar-refractivity contribution in [3.8, 4) is 17.6 Å². The standard InChI is InChI=1S/C27H32FN5O3S/c1-5-8-25-22(9-6-14-29-23-12-11-19(37(4,34)35)17-26(23)36-3)31-27-24(10-7-15-33(25)27)30-21-13-16-32(2)18-20(21)28/h5,7-8,10-12,15,17,20-21,29-30H,13-14,16,18H2,1-4H3/b8-5-/t20-,21+/m0/s1. The number of aromatic nitrogens is 2. The van der Waals surface area contributed by atoms with Gasteiger partial charge in [-0.1, -0.05) is 12.0 Å². The number of hydrogen-bond acceptors (Lipinski definition) is 7. The van der Waals surface area contributed by atoms with E-state index in [-0.39, 0.29) is 10.9 Å². The second-order valence-electron chi connectivity index (χ2n) is 9.07. The summed E-state index contributed by atoms with van der Waals surface area (Å²) in [6, 6.07) is 8.23. The molecule has 3 aromatic rings. The Morgan fingerprint density at radius 1 is 1.30 bits per heavy atom. The van der Waals surface area contributed by atoms with Gasteiger partial charge in [-0.2, -0.15) is 0 Å². The Morgan fingerprint density at radius 3 is 2.81 bits per heavy atom. The normalized spacial score (nSPS) is 18.5. The number of sulfone groups is 1. The van der Waals surface area contributed by atoms with Crippen molar-refractivity contribution in [1.29, 1.82) is 0 Å². The molecule has 37 heavy (non-hydrogen) atoms. The van der Waals surface area contributed by atoms with Gasteiger partial charge in [-0.15, -0.1) is 0 Å². The average molecular weight is 526 g/mol. The summed E-state index contributed by atoms with van der Waals surface area (Å²) in [5, 5.41) is 6.54. The fourth-order valence-corrected chi connectivity index (χ4v) is 4.98. The van der Waals surface area contributed by atoms with Crippen LogP contribution in [0.15, 0.2) is 47.5 Å². The van der Waals surface area contributed by atoms with E-state index in [4.69, 9.17) is 9.72 Å². The number of piperidine rings is 1. The van der Waals surface area contributed by atoms with Crippen molar-refractivity contribution < 1.29 is 17.5 Å². The van der Waals surface area contributed by atoms with Crippen LogP contribution < -0.4 is 15.4 Å². The molecule has 0 amide bonds. The second kappa shape index (κ2) is 11.2. The fourth-order valence-electron chi connectivity index (χ4n) is 4.34. The summed E-state index contributed by atoms with van der Waals surface area (Å²) >= 11 is 0. The van der Waals surface area contributed by atoms with Gasteiger partial charge in [-0.3, -0.25) is 4.40 Å². The number of methoxy groups -OCH3 is 1. The van der Waals surface area contributed by atoms with Gasteiger partial charge in [-0.25, -0.2) is 17.8 Å². The van der Waals surface area contributed by atoms with Gasteiger partial charge >= 0.3 is 0 Å². The molecule has 1 saturated heterocycles. The molecule has 1 fully saturated rings. The lowest BCUT2D eigenvalue weighted by molar-refractivity contribution is 0.149. The lowest BCUT2D eigenvalue weighted by Gasteiger charge is -2.33. The molecule has 2 aromatic heterocycles. The maximum absolute atomic E-state index is 14.7. The number of anilines is 2. The van der Waals surface area contributed by atoms with E-state index >= 15 is 0 Å². The summed E-state index contributed by atoms with van der Waals surface area (Å²) in [4.78, 5) is 6.96. The molecule has 1 aliphatic heterocycles. The van der Waals surface area contributed by atoms with E-state index in [9.17, 15) is 12.8 Å². The van der Waals surface area contributed by atoms with Crippen LogP contribution in [0.25, 0.3) is 11.7 Å². The number of nitrogens with one attached hydrogen (secondary N) is 2. The first kappa shape index (κ1) is 26.5. The van der Waals surface area contributed by atoms with Crippen LogP contribution in [0.3, 0.4) is 0 Å². The van der Waals surface area contributed by atoms with Crippen LogP contribution in [0.1, 0.15) is 24.7 Å². The molecule has 2 atom stereocenters. The van der Waals surface area contributed by atoms with E-state index in [0.717, 1.165) is 24.2 Å². The molecular weight excluding hydrogens is 493 g/mol. The number of allylic oxidation sites excluding steroid dienone is 1. The number of hydrogen-bond donors (Lipinski definition) is 2. The molecule has 1 aromatic carbocycles. The third-order valence-electron chi connectivity index (χ3n) is 6.27. The molecule has 0 radical (unpaired) electrons. The van der Waals surface area contributed by atoms with Crippen LogP contribution in [0.5, 0.6) is 5.75 Å². The molecule has 0 unspecified atom stereocenters. The topological polar surface area (TPSA) is 88.0 Å². The van der Waals surface area contributed by atoms with Gasteiger partial charge < -0.3 is 20.3 Å². The van der Waals surface area contributed by atoms with E-state index in [2.05, 4.69) is 22.5 Å². The highest BCUT2D eigenvalue weighted by molar-refractivity contribution is 7.90. The fraction of sp³-hybridized carbons (Fsp3) is 0.370. The summed E-state index contributed by atoms with van der Waals surface area (Å²) in [5.41, 5.74) is 3.54. The number of alkyl halides is 1. The number of ether oxygens (including phenoxy) is 1. The Bertz CT molecular complexity index is 1470. The van der Waals surface area contributed by atoms with Crippen molar-refractivity contribution in [3.63, 3.8) is 0 Å². The Balaban J connectivity index is 1.57. The van der Waals surface area contributed by atoms with Gasteiger partial charge in [0.05, 0.1) is 41.7 Å². The number of halogens is 1. The molecule has 1 aliphatic rings. The van der Waals surface area contributed by atoms with E-state index in [1.807, 2.05) is 53.8 Å². The number of pyridine rings is 1. The summed E-state index contributed by atoms with van der Waals surface area (Å²) in [6.07, 6.45) is 6.70. The Labute approximate surface area is 217 Å². The summed E-state index contributed by atoms with van der Waals surface area (Å²) in [7, 11) is 0.0833. The molecule has 0 bridgehead atoms. The van der Waals surface area contributed by atoms with Gasteiger partial charge in [0.15, 0.2) is 15.5 Å². The van der Waals surface area contributed by atoms with Crippen LogP contribution in [-0.2, 0) is 9.84 Å². The highest BCUT2D eigenvalue weighted by atomic mass is 32.2. The summed E-state index contributed by atoms with van der Waals surface area (Å²) in [6.45, 7) is 3.47. The number of imidazole rings is 1. The van der Waals surface area contributed by atoms with E-state index < -0.39 is 16.0 Å². The third kappa shape index (κ3) is 6.06. The Morgan fingerprint density at radius 2 is 2.11 bits per heavy atom. The van der Waals surface area contributed by atoms with Gasteiger partial charge in [-0.05, 0) is 56.7 Å². The number of likely N-dealkylation sites (tertiary alicyclic amines) is 1. The zero-order chi connectivity index (χ0) is 26.6. The van der Waals surface area contributed by atoms with Crippen LogP contribution >= 0.6 is 0 Å². The maximum Gasteiger partial charge on any atom is 0.175 e. The minimum atomic E-state index is -3.34. The minimum Gasteiger partial charge on any atom is -0.495 e. The van der Waals surface area contributed by atoms with Crippen LogP contribution in [0.2, 0.25) is 0 Å². The zero-order valence-corrected chi connectivity index (χ0v) is 22.3. The number of rotatable bonds is 7. The van der Waals surface area contributed by atoms with Gasteiger partial charge in [0.25, 0.3) is 0 Å². The molecule has 4 rings (SSSR count). The summed E-state index contributed by atoms with van der Waals surface area (Å²) < 4.78 is 45.6. The lowest BCUT2D eigenvalue weighted by atomic mass is 10.0. The molecule has 0 aliphatic carbocycles. The monoisotopic (exact) mass is 525 g/mol. The molecule has 3 heterocycles. The molecule has 2 N–H and O–H groups in total. The van der Waals surface area contributed by atoms with E-state index in [1.54, 1.807) is 6.07 Å². The molecule has 0 spiro atoms. The number of nitrogens with zero attached hydrogens (tertiary/aromatic N) is 3. The van der Waals surface area contributed by atoms with E-state index in [1.165, 1.54) is 19.2 Å². The second-order valence-corrected chi connectivity index (χ2v) is 11.1. The van der Waals surface area contributed by atoms with Crippen LogP contribution in [0, 0.1) is 11.8 Å². The van der Waals surface area contributed by atoms with Crippen molar-refractivity contribution >= 4 is 32.9 Å². The van der Waals surface area contributed by atoms with Gasteiger partial charge in [0.1, 0.15) is 17.6 Å². The highest BCUT2D eigenvalue weighted by Crippen LogP contribution is 2.28. The number of benzene rings is 1.